The maximum atomic E-state index is 13.0. The van der Waals surface area contributed by atoms with E-state index in [9.17, 15) is 8.78 Å². The first-order valence-electron chi connectivity index (χ1n) is 6.38. The van der Waals surface area contributed by atoms with E-state index in [-0.39, 0.29) is 0 Å². The van der Waals surface area contributed by atoms with E-state index >= 15 is 0 Å². The van der Waals surface area contributed by atoms with Crippen molar-refractivity contribution in [3.63, 3.8) is 0 Å². The third-order valence-electron chi connectivity index (χ3n) is 3.74. The van der Waals surface area contributed by atoms with E-state index in [1.165, 1.54) is 37.8 Å². The Morgan fingerprint density at radius 1 is 1.24 bits per heavy atom. The standard InChI is InChI=1S/C14H19F2N/c1-2-11-4-3-5-14(11)17-9-10-6-7-12(15)13(16)8-10/h6-8,11,14,17H,2-5,9H2,1H3. The third kappa shape index (κ3) is 3.03. The second kappa shape index (κ2) is 5.58. The Kier molecular flexibility index (Phi) is 4.11. The molecule has 1 nitrogen and oxygen atoms in total. The Morgan fingerprint density at radius 3 is 2.76 bits per heavy atom. The largest absolute Gasteiger partial charge is 0.310 e. The minimum Gasteiger partial charge on any atom is -0.310 e. The molecule has 1 aromatic rings. The van der Waals surface area contributed by atoms with Crippen LogP contribution in [-0.4, -0.2) is 6.04 Å². The molecule has 1 fully saturated rings. The van der Waals surface area contributed by atoms with E-state index in [0.29, 0.717) is 12.6 Å². The van der Waals surface area contributed by atoms with Crippen LogP contribution in [0.25, 0.3) is 0 Å². The lowest BCUT2D eigenvalue weighted by atomic mass is 10.0. The van der Waals surface area contributed by atoms with Crippen LogP contribution in [0.4, 0.5) is 8.78 Å². The van der Waals surface area contributed by atoms with Crippen LogP contribution in [0, 0.1) is 17.6 Å². The third-order valence-corrected chi connectivity index (χ3v) is 3.74. The normalized spacial score (nSPS) is 24.2. The maximum absolute atomic E-state index is 13.0. The van der Waals surface area contributed by atoms with Crippen molar-refractivity contribution in [3.05, 3.63) is 35.4 Å². The summed E-state index contributed by atoms with van der Waals surface area (Å²) in [6.45, 7) is 2.83. The number of nitrogens with one attached hydrogen (secondary N) is 1. The van der Waals surface area contributed by atoms with Crippen LogP contribution in [0.2, 0.25) is 0 Å². The number of benzene rings is 1. The second-order valence-corrected chi connectivity index (χ2v) is 4.84. The molecule has 1 aliphatic carbocycles. The molecule has 0 aliphatic heterocycles. The van der Waals surface area contributed by atoms with Gasteiger partial charge in [-0.05, 0) is 36.5 Å². The Morgan fingerprint density at radius 2 is 2.06 bits per heavy atom. The molecular formula is C14H19F2N. The van der Waals surface area contributed by atoms with Gasteiger partial charge in [0, 0.05) is 12.6 Å². The highest BCUT2D eigenvalue weighted by atomic mass is 19.2. The fourth-order valence-electron chi connectivity index (χ4n) is 2.69. The van der Waals surface area contributed by atoms with Crippen LogP contribution < -0.4 is 5.32 Å². The predicted molar refractivity (Wildman–Crippen MR) is 64.6 cm³/mol. The van der Waals surface area contributed by atoms with Crippen molar-refractivity contribution in [3.8, 4) is 0 Å². The fourth-order valence-corrected chi connectivity index (χ4v) is 2.69. The Balaban J connectivity index is 1.91. The summed E-state index contributed by atoms with van der Waals surface area (Å²) in [7, 11) is 0. The molecule has 0 saturated heterocycles. The van der Waals surface area contributed by atoms with Crippen molar-refractivity contribution in [2.24, 2.45) is 5.92 Å². The smallest absolute Gasteiger partial charge is 0.159 e. The molecule has 1 N–H and O–H groups in total. The Bertz CT molecular complexity index is 378. The molecule has 0 bridgehead atoms. The number of rotatable bonds is 4. The van der Waals surface area contributed by atoms with Crippen LogP contribution in [-0.2, 0) is 6.54 Å². The molecule has 17 heavy (non-hydrogen) atoms. The molecule has 1 aromatic carbocycles. The molecule has 1 saturated carbocycles. The van der Waals surface area contributed by atoms with E-state index in [1.54, 1.807) is 6.07 Å². The zero-order chi connectivity index (χ0) is 12.3. The summed E-state index contributed by atoms with van der Waals surface area (Å²) in [6.07, 6.45) is 4.94. The summed E-state index contributed by atoms with van der Waals surface area (Å²) < 4.78 is 25.8. The molecule has 2 unspecified atom stereocenters. The van der Waals surface area contributed by atoms with E-state index in [2.05, 4.69) is 12.2 Å². The monoisotopic (exact) mass is 239 g/mol. The van der Waals surface area contributed by atoms with Gasteiger partial charge >= 0.3 is 0 Å². The van der Waals surface area contributed by atoms with Gasteiger partial charge in [-0.15, -0.1) is 0 Å². The van der Waals surface area contributed by atoms with Gasteiger partial charge in [0.1, 0.15) is 0 Å². The van der Waals surface area contributed by atoms with E-state index in [0.717, 1.165) is 11.5 Å². The highest BCUT2D eigenvalue weighted by Crippen LogP contribution is 2.28. The summed E-state index contributed by atoms with van der Waals surface area (Å²) in [5, 5.41) is 3.46. The van der Waals surface area contributed by atoms with Gasteiger partial charge in [0.25, 0.3) is 0 Å². The lowest BCUT2D eigenvalue weighted by molar-refractivity contribution is 0.389. The SMILES string of the molecule is CCC1CCCC1NCc1ccc(F)c(F)c1. The molecule has 0 aromatic heterocycles. The minimum atomic E-state index is -0.777. The predicted octanol–water partition coefficient (Wildman–Crippen LogP) is 3.63. The average molecular weight is 239 g/mol. The van der Waals surface area contributed by atoms with Gasteiger partial charge in [0.15, 0.2) is 11.6 Å². The fraction of sp³-hybridized carbons (Fsp3) is 0.571. The van der Waals surface area contributed by atoms with E-state index in [4.69, 9.17) is 0 Å². The maximum Gasteiger partial charge on any atom is 0.159 e. The van der Waals surface area contributed by atoms with Crippen molar-refractivity contribution >= 4 is 0 Å². The van der Waals surface area contributed by atoms with Crippen molar-refractivity contribution in [1.29, 1.82) is 0 Å². The molecule has 0 amide bonds. The first-order valence-corrected chi connectivity index (χ1v) is 6.38. The molecule has 0 heterocycles. The molecule has 0 spiro atoms. The van der Waals surface area contributed by atoms with Crippen LogP contribution in [0.3, 0.4) is 0 Å². The quantitative estimate of drug-likeness (QED) is 0.846. The van der Waals surface area contributed by atoms with Gasteiger partial charge in [-0.1, -0.05) is 25.8 Å². The summed E-state index contributed by atoms with van der Waals surface area (Å²) in [6, 6.07) is 4.64. The average Bonchev–Trinajstić information content (AvgIpc) is 2.78. The number of halogens is 2. The summed E-state index contributed by atoms with van der Waals surface area (Å²) in [5.41, 5.74) is 0.811. The molecule has 94 valence electrons. The van der Waals surface area contributed by atoms with Crippen LogP contribution in [0.15, 0.2) is 18.2 Å². The van der Waals surface area contributed by atoms with Gasteiger partial charge in [0.2, 0.25) is 0 Å². The molecular weight excluding hydrogens is 220 g/mol. The van der Waals surface area contributed by atoms with Crippen molar-refractivity contribution in [2.75, 3.05) is 0 Å². The van der Waals surface area contributed by atoms with Crippen LogP contribution in [0.1, 0.15) is 38.2 Å². The van der Waals surface area contributed by atoms with Crippen molar-refractivity contribution in [2.45, 2.75) is 45.2 Å². The zero-order valence-electron chi connectivity index (χ0n) is 10.2. The van der Waals surface area contributed by atoms with Crippen LogP contribution in [0.5, 0.6) is 0 Å². The highest BCUT2D eigenvalue weighted by molar-refractivity contribution is 5.17. The molecule has 0 radical (unpaired) electrons. The van der Waals surface area contributed by atoms with Crippen LogP contribution >= 0.6 is 0 Å². The van der Waals surface area contributed by atoms with Gasteiger partial charge < -0.3 is 5.32 Å². The lowest BCUT2D eigenvalue weighted by Gasteiger charge is -2.19. The van der Waals surface area contributed by atoms with Crippen molar-refractivity contribution in [1.82, 2.24) is 5.32 Å². The summed E-state index contributed by atoms with van der Waals surface area (Å²) >= 11 is 0. The van der Waals surface area contributed by atoms with Gasteiger partial charge in [0.05, 0.1) is 0 Å². The molecule has 3 heteroatoms. The number of hydrogen-bond acceptors (Lipinski definition) is 1. The minimum absolute atomic E-state index is 0.535. The second-order valence-electron chi connectivity index (χ2n) is 4.84. The van der Waals surface area contributed by atoms with Gasteiger partial charge in [-0.3, -0.25) is 0 Å². The topological polar surface area (TPSA) is 12.0 Å². The van der Waals surface area contributed by atoms with E-state index < -0.39 is 11.6 Å². The number of hydrogen-bond donors (Lipinski definition) is 1. The molecule has 2 rings (SSSR count). The highest BCUT2D eigenvalue weighted by Gasteiger charge is 2.24. The van der Waals surface area contributed by atoms with E-state index in [1.807, 2.05) is 0 Å². The summed E-state index contributed by atoms with van der Waals surface area (Å²) in [4.78, 5) is 0. The lowest BCUT2D eigenvalue weighted by Crippen LogP contribution is -2.31. The Labute approximate surface area is 101 Å². The first kappa shape index (κ1) is 12.5. The Hall–Kier alpha value is -0.960. The van der Waals surface area contributed by atoms with Gasteiger partial charge in [-0.2, -0.15) is 0 Å². The summed E-state index contributed by atoms with van der Waals surface area (Å²) in [5.74, 6) is -0.802. The van der Waals surface area contributed by atoms with Gasteiger partial charge in [-0.25, -0.2) is 8.78 Å². The first-order chi connectivity index (χ1) is 8.20. The molecule has 2 atom stereocenters. The van der Waals surface area contributed by atoms with Crippen molar-refractivity contribution < 1.29 is 8.78 Å². The zero-order valence-corrected chi connectivity index (χ0v) is 10.2. The molecule has 1 aliphatic rings.